The summed E-state index contributed by atoms with van der Waals surface area (Å²) in [6.07, 6.45) is 3.54. The second-order valence-corrected chi connectivity index (χ2v) is 8.18. The Labute approximate surface area is 164 Å². The third-order valence-electron chi connectivity index (χ3n) is 6.47. The first-order valence-electron chi connectivity index (χ1n) is 10.4. The van der Waals surface area contributed by atoms with Gasteiger partial charge in [-0.2, -0.15) is 15.1 Å². The Bertz CT molecular complexity index is 999. The zero-order chi connectivity index (χ0) is 18.5. The number of rotatable bonds is 3. The molecule has 0 aliphatic carbocycles. The third-order valence-corrected chi connectivity index (χ3v) is 6.47. The number of anilines is 2. The van der Waals surface area contributed by atoms with Crippen molar-refractivity contribution in [2.24, 2.45) is 0 Å². The molecule has 6 rings (SSSR count). The Morgan fingerprint density at radius 3 is 2.89 bits per heavy atom. The van der Waals surface area contributed by atoms with E-state index in [9.17, 15) is 0 Å². The highest BCUT2D eigenvalue weighted by Crippen LogP contribution is 2.34. The quantitative estimate of drug-likeness (QED) is 0.757. The van der Waals surface area contributed by atoms with Crippen molar-refractivity contribution in [1.29, 1.82) is 0 Å². The van der Waals surface area contributed by atoms with Gasteiger partial charge < -0.3 is 9.80 Å². The summed E-state index contributed by atoms with van der Waals surface area (Å²) in [6, 6.07) is 11.3. The van der Waals surface area contributed by atoms with Gasteiger partial charge in [-0.25, -0.2) is 0 Å². The van der Waals surface area contributed by atoms with Crippen LogP contribution in [0.2, 0.25) is 0 Å². The van der Waals surface area contributed by atoms with Crippen molar-refractivity contribution >= 4 is 22.8 Å². The number of H-pyrrole nitrogens is 1. The maximum Gasteiger partial charge on any atom is 0.229 e. The zero-order valence-corrected chi connectivity index (χ0v) is 16.0. The highest BCUT2D eigenvalue weighted by molar-refractivity contribution is 5.91. The van der Waals surface area contributed by atoms with Crippen molar-refractivity contribution in [2.75, 3.05) is 42.5 Å². The number of hydrogen-bond donors (Lipinski definition) is 1. The molecule has 1 aromatic carbocycles. The Kier molecular flexibility index (Phi) is 3.75. The number of piperazine rings is 1. The maximum absolute atomic E-state index is 5.08. The van der Waals surface area contributed by atoms with E-state index in [-0.39, 0.29) is 0 Å². The number of aromatic nitrogens is 4. The largest absolute Gasteiger partial charge is 0.351 e. The maximum atomic E-state index is 5.08. The number of nitrogens with zero attached hydrogens (tertiary/aromatic N) is 6. The van der Waals surface area contributed by atoms with E-state index < -0.39 is 0 Å². The summed E-state index contributed by atoms with van der Waals surface area (Å²) in [4.78, 5) is 17.3. The molecule has 0 saturated carbocycles. The lowest BCUT2D eigenvalue weighted by Gasteiger charge is -2.38. The molecule has 2 saturated heterocycles. The second kappa shape index (κ2) is 6.44. The predicted octanol–water partition coefficient (Wildman–Crippen LogP) is 2.20. The van der Waals surface area contributed by atoms with Crippen molar-refractivity contribution < 1.29 is 0 Å². The van der Waals surface area contributed by atoms with Crippen LogP contribution in [0.5, 0.6) is 0 Å². The topological polar surface area (TPSA) is 64.2 Å². The molecular weight excluding hydrogens is 350 g/mol. The van der Waals surface area contributed by atoms with E-state index >= 15 is 0 Å². The van der Waals surface area contributed by atoms with Crippen LogP contribution in [0, 0.1) is 0 Å². The van der Waals surface area contributed by atoms with Crippen LogP contribution in [0.25, 0.3) is 11.0 Å². The van der Waals surface area contributed by atoms with Gasteiger partial charge in [0.25, 0.3) is 0 Å². The Hall–Kier alpha value is -2.67. The van der Waals surface area contributed by atoms with Crippen LogP contribution in [0.15, 0.2) is 30.3 Å². The average molecular weight is 375 g/mol. The lowest BCUT2D eigenvalue weighted by molar-refractivity contribution is 0.229. The van der Waals surface area contributed by atoms with Crippen LogP contribution >= 0.6 is 0 Å². The SMILES string of the molecule is c1ccc(CN2CCc3n[nH]c4nc(N5CCN6CCCC6C5)nc2c34)cc1. The van der Waals surface area contributed by atoms with E-state index in [1.165, 1.54) is 24.9 Å². The molecular formula is C21H25N7. The molecule has 7 heteroatoms. The fourth-order valence-corrected chi connectivity index (χ4v) is 4.99. The molecule has 3 aliphatic heterocycles. The fraction of sp³-hybridized carbons (Fsp3) is 0.476. The first-order chi connectivity index (χ1) is 13.8. The van der Waals surface area contributed by atoms with Crippen LogP contribution in [0.4, 0.5) is 11.8 Å². The minimum atomic E-state index is 0.655. The lowest BCUT2D eigenvalue weighted by Crippen LogP contribution is -2.50. The molecule has 3 aromatic rings. The van der Waals surface area contributed by atoms with Gasteiger partial charge in [-0.1, -0.05) is 30.3 Å². The summed E-state index contributed by atoms with van der Waals surface area (Å²) in [6.45, 7) is 6.20. The highest BCUT2D eigenvalue weighted by atomic mass is 15.4. The molecule has 3 aliphatic rings. The molecule has 28 heavy (non-hydrogen) atoms. The fourth-order valence-electron chi connectivity index (χ4n) is 4.99. The number of benzene rings is 1. The Morgan fingerprint density at radius 1 is 1.04 bits per heavy atom. The molecule has 0 amide bonds. The number of nitrogens with one attached hydrogen (secondary N) is 1. The summed E-state index contributed by atoms with van der Waals surface area (Å²) < 4.78 is 0. The molecule has 0 spiro atoms. The minimum Gasteiger partial charge on any atom is -0.351 e. The van der Waals surface area contributed by atoms with Gasteiger partial charge >= 0.3 is 0 Å². The standard InChI is InChI=1S/C21H25N7/c1-2-5-15(6-3-1)13-27-10-8-17-18-19(25-24-17)22-21(23-20(18)27)28-12-11-26-9-4-7-16(26)14-28/h1-3,5-6,16H,4,7-14H2,(H,22,23,24,25). The Balaban J connectivity index is 1.37. The van der Waals surface area contributed by atoms with Crippen LogP contribution in [-0.2, 0) is 13.0 Å². The van der Waals surface area contributed by atoms with Gasteiger partial charge in [-0.3, -0.25) is 10.00 Å². The number of aromatic amines is 1. The molecule has 0 radical (unpaired) electrons. The van der Waals surface area contributed by atoms with E-state index in [2.05, 4.69) is 55.2 Å². The van der Waals surface area contributed by atoms with E-state index in [0.29, 0.717) is 6.04 Å². The molecule has 1 unspecified atom stereocenters. The van der Waals surface area contributed by atoms with Crippen molar-refractivity contribution in [1.82, 2.24) is 25.1 Å². The molecule has 5 heterocycles. The van der Waals surface area contributed by atoms with E-state index in [1.807, 2.05) is 0 Å². The third kappa shape index (κ3) is 2.64. The minimum absolute atomic E-state index is 0.655. The van der Waals surface area contributed by atoms with Gasteiger partial charge in [0.05, 0.1) is 11.1 Å². The molecule has 2 aromatic heterocycles. The van der Waals surface area contributed by atoms with Gasteiger partial charge in [0.2, 0.25) is 5.95 Å². The summed E-state index contributed by atoms with van der Waals surface area (Å²) in [7, 11) is 0. The van der Waals surface area contributed by atoms with Crippen LogP contribution in [0.1, 0.15) is 24.1 Å². The van der Waals surface area contributed by atoms with Gasteiger partial charge in [0.15, 0.2) is 5.65 Å². The van der Waals surface area contributed by atoms with Crippen molar-refractivity contribution in [3.05, 3.63) is 41.6 Å². The summed E-state index contributed by atoms with van der Waals surface area (Å²) in [5, 5.41) is 8.79. The first kappa shape index (κ1) is 16.3. The molecule has 1 N–H and O–H groups in total. The summed E-state index contributed by atoms with van der Waals surface area (Å²) in [5.74, 6) is 1.89. The van der Waals surface area contributed by atoms with Crippen LogP contribution in [-0.4, -0.2) is 63.8 Å². The number of fused-ring (bicyclic) bond motifs is 1. The normalized spacial score (nSPS) is 22.1. The van der Waals surface area contributed by atoms with Crippen molar-refractivity contribution in [3.63, 3.8) is 0 Å². The van der Waals surface area contributed by atoms with Crippen molar-refractivity contribution in [2.45, 2.75) is 31.8 Å². The smallest absolute Gasteiger partial charge is 0.229 e. The first-order valence-corrected chi connectivity index (χ1v) is 10.4. The molecule has 0 bridgehead atoms. The molecule has 7 nitrogen and oxygen atoms in total. The van der Waals surface area contributed by atoms with E-state index in [4.69, 9.17) is 9.97 Å². The van der Waals surface area contributed by atoms with E-state index in [1.54, 1.807) is 0 Å². The highest BCUT2D eigenvalue weighted by Gasteiger charge is 2.33. The molecule has 144 valence electrons. The lowest BCUT2D eigenvalue weighted by atomic mass is 10.1. The van der Waals surface area contributed by atoms with Crippen molar-refractivity contribution in [3.8, 4) is 0 Å². The summed E-state index contributed by atoms with van der Waals surface area (Å²) in [5.41, 5.74) is 3.28. The Morgan fingerprint density at radius 2 is 1.96 bits per heavy atom. The monoisotopic (exact) mass is 375 g/mol. The second-order valence-electron chi connectivity index (χ2n) is 8.18. The predicted molar refractivity (Wildman–Crippen MR) is 110 cm³/mol. The zero-order valence-electron chi connectivity index (χ0n) is 16.0. The van der Waals surface area contributed by atoms with Gasteiger partial charge in [-0.05, 0) is 24.9 Å². The molecule has 2 fully saturated rings. The van der Waals surface area contributed by atoms with Gasteiger partial charge in [0.1, 0.15) is 5.82 Å². The van der Waals surface area contributed by atoms with Crippen LogP contribution < -0.4 is 9.80 Å². The van der Waals surface area contributed by atoms with Gasteiger partial charge in [-0.15, -0.1) is 0 Å². The summed E-state index contributed by atoms with van der Waals surface area (Å²) >= 11 is 0. The average Bonchev–Trinajstić information content (AvgIpc) is 3.38. The van der Waals surface area contributed by atoms with Gasteiger partial charge in [0, 0.05) is 45.2 Å². The molecule has 1 atom stereocenters. The number of hydrogen-bond acceptors (Lipinski definition) is 6. The van der Waals surface area contributed by atoms with E-state index in [0.717, 1.165) is 67.6 Å². The van der Waals surface area contributed by atoms with Crippen LogP contribution in [0.3, 0.4) is 0 Å².